The van der Waals surface area contributed by atoms with Gasteiger partial charge in [0.25, 0.3) is 5.69 Å². The van der Waals surface area contributed by atoms with Crippen LogP contribution in [0.3, 0.4) is 0 Å². The van der Waals surface area contributed by atoms with Gasteiger partial charge in [0.2, 0.25) is 0 Å². The van der Waals surface area contributed by atoms with Crippen molar-refractivity contribution in [2.24, 2.45) is 0 Å². The second kappa shape index (κ2) is 6.33. The second-order valence-corrected chi connectivity index (χ2v) is 4.48. The molecule has 0 spiro atoms. The third-order valence-corrected chi connectivity index (χ3v) is 3.09. The number of rotatable bonds is 7. The van der Waals surface area contributed by atoms with E-state index in [-0.39, 0.29) is 5.69 Å². The van der Waals surface area contributed by atoms with E-state index in [1.165, 1.54) is 22.8 Å². The Hall–Kier alpha value is -2.15. The summed E-state index contributed by atoms with van der Waals surface area (Å²) in [5.74, 6) is -0.479. The van der Waals surface area contributed by atoms with E-state index >= 15 is 0 Å². The molecule has 0 saturated carbocycles. The summed E-state index contributed by atoms with van der Waals surface area (Å²) in [5.41, 5.74) is 0.792. The lowest BCUT2D eigenvalue weighted by Crippen LogP contribution is -2.14. The number of benzene rings is 1. The number of nitrogens with zero attached hydrogens (tertiary/aromatic N) is 2. The minimum absolute atomic E-state index is 0.0496. The van der Waals surface area contributed by atoms with E-state index in [0.717, 1.165) is 19.3 Å². The number of aromatic nitrogens is 1. The monoisotopic (exact) mass is 280 g/mol. The molecule has 2 aromatic rings. The van der Waals surface area contributed by atoms with Crippen LogP contribution in [-0.4, -0.2) is 23.2 Å². The van der Waals surface area contributed by atoms with Crippen LogP contribution in [0.25, 0.3) is 11.1 Å². The number of fused-ring (bicyclic) bond motifs is 1. The van der Waals surface area contributed by atoms with E-state index in [0.29, 0.717) is 24.3 Å². The highest BCUT2D eigenvalue weighted by molar-refractivity contribution is 5.75. The predicted octanol–water partition coefficient (Wildman–Crippen LogP) is 2.32. The van der Waals surface area contributed by atoms with Gasteiger partial charge in [-0.25, -0.2) is 4.79 Å². The molecular formula is C13H16N2O5. The van der Waals surface area contributed by atoms with Crippen molar-refractivity contribution < 1.29 is 14.1 Å². The number of ether oxygens (including phenoxy) is 1. The van der Waals surface area contributed by atoms with Crippen LogP contribution in [0.2, 0.25) is 0 Å². The van der Waals surface area contributed by atoms with Crippen molar-refractivity contribution in [1.82, 2.24) is 4.57 Å². The summed E-state index contributed by atoms with van der Waals surface area (Å²) in [6, 6.07) is 4.15. The zero-order valence-electron chi connectivity index (χ0n) is 11.2. The number of unbranched alkanes of at least 4 members (excludes halogenated alkanes) is 2. The van der Waals surface area contributed by atoms with Crippen LogP contribution in [0.4, 0.5) is 5.69 Å². The lowest BCUT2D eigenvalue weighted by Gasteiger charge is -2.02. The van der Waals surface area contributed by atoms with Crippen LogP contribution in [0.15, 0.2) is 27.4 Å². The number of hydrogen-bond donors (Lipinski definition) is 0. The fourth-order valence-electron chi connectivity index (χ4n) is 2.07. The molecule has 0 aliphatic carbocycles. The maximum atomic E-state index is 11.7. The van der Waals surface area contributed by atoms with Crippen molar-refractivity contribution in [2.75, 3.05) is 13.7 Å². The van der Waals surface area contributed by atoms with Gasteiger partial charge in [-0.3, -0.25) is 14.7 Å². The average molecular weight is 280 g/mol. The second-order valence-electron chi connectivity index (χ2n) is 4.48. The summed E-state index contributed by atoms with van der Waals surface area (Å²) in [5, 5.41) is 10.8. The Morgan fingerprint density at radius 1 is 1.35 bits per heavy atom. The molecule has 0 unspecified atom stereocenters. The summed E-state index contributed by atoms with van der Waals surface area (Å²) in [7, 11) is 1.65. The molecule has 1 aromatic carbocycles. The number of non-ortho nitro benzene ring substituents is 1. The Labute approximate surface area is 114 Å². The molecule has 0 aliphatic rings. The van der Waals surface area contributed by atoms with Gasteiger partial charge < -0.3 is 9.15 Å². The molecule has 108 valence electrons. The smallest absolute Gasteiger partial charge is 0.408 e. The number of aryl methyl sites for hydroxylation is 1. The van der Waals surface area contributed by atoms with Crippen molar-refractivity contribution in [3.63, 3.8) is 0 Å². The first-order chi connectivity index (χ1) is 9.63. The predicted molar refractivity (Wildman–Crippen MR) is 72.9 cm³/mol. The maximum absolute atomic E-state index is 11.7. The van der Waals surface area contributed by atoms with Gasteiger partial charge in [-0.05, 0) is 25.3 Å². The van der Waals surface area contributed by atoms with Gasteiger partial charge in [0.1, 0.15) is 0 Å². The number of nitro groups is 1. The Kier molecular flexibility index (Phi) is 4.52. The Bertz CT molecular complexity index is 658. The van der Waals surface area contributed by atoms with E-state index in [4.69, 9.17) is 9.15 Å². The molecule has 1 aromatic heterocycles. The maximum Gasteiger partial charge on any atom is 0.419 e. The molecular weight excluding hydrogens is 264 g/mol. The Morgan fingerprint density at radius 3 is 2.85 bits per heavy atom. The molecule has 0 bridgehead atoms. The van der Waals surface area contributed by atoms with Crippen LogP contribution in [0, 0.1) is 10.1 Å². The van der Waals surface area contributed by atoms with Crippen LogP contribution >= 0.6 is 0 Å². The van der Waals surface area contributed by atoms with Crippen molar-refractivity contribution >= 4 is 16.8 Å². The van der Waals surface area contributed by atoms with Crippen molar-refractivity contribution in [1.29, 1.82) is 0 Å². The van der Waals surface area contributed by atoms with Crippen LogP contribution < -0.4 is 5.76 Å². The summed E-state index contributed by atoms with van der Waals surface area (Å²) in [6.07, 6.45) is 2.63. The molecule has 0 radical (unpaired) electrons. The highest BCUT2D eigenvalue weighted by Gasteiger charge is 2.13. The van der Waals surface area contributed by atoms with E-state index < -0.39 is 10.7 Å². The summed E-state index contributed by atoms with van der Waals surface area (Å²) >= 11 is 0. The first kappa shape index (κ1) is 14.3. The fraction of sp³-hybridized carbons (Fsp3) is 0.462. The highest BCUT2D eigenvalue weighted by Crippen LogP contribution is 2.20. The molecule has 2 rings (SSSR count). The van der Waals surface area contributed by atoms with E-state index in [1.54, 1.807) is 7.11 Å². The number of oxazole rings is 1. The van der Waals surface area contributed by atoms with Gasteiger partial charge in [-0.15, -0.1) is 0 Å². The van der Waals surface area contributed by atoms with Gasteiger partial charge in [0.05, 0.1) is 10.4 Å². The zero-order valence-corrected chi connectivity index (χ0v) is 11.2. The number of hydrogen-bond acceptors (Lipinski definition) is 5. The topological polar surface area (TPSA) is 87.5 Å². The average Bonchev–Trinajstić information content (AvgIpc) is 2.73. The molecule has 20 heavy (non-hydrogen) atoms. The number of methoxy groups -OCH3 is 1. The van der Waals surface area contributed by atoms with Crippen LogP contribution in [0.5, 0.6) is 0 Å². The fourth-order valence-corrected chi connectivity index (χ4v) is 2.07. The highest BCUT2D eigenvalue weighted by atomic mass is 16.6. The third-order valence-electron chi connectivity index (χ3n) is 3.09. The van der Waals surface area contributed by atoms with Crippen molar-refractivity contribution in [2.45, 2.75) is 25.8 Å². The zero-order chi connectivity index (χ0) is 14.5. The molecule has 7 heteroatoms. The van der Waals surface area contributed by atoms with Gasteiger partial charge in [0.15, 0.2) is 5.58 Å². The Morgan fingerprint density at radius 2 is 2.15 bits per heavy atom. The third kappa shape index (κ3) is 3.05. The van der Waals surface area contributed by atoms with E-state index in [2.05, 4.69) is 0 Å². The minimum atomic E-state index is -0.486. The number of nitro benzene ring substituents is 1. The summed E-state index contributed by atoms with van der Waals surface area (Å²) < 4.78 is 11.5. The molecule has 0 N–H and O–H groups in total. The molecule has 1 heterocycles. The minimum Gasteiger partial charge on any atom is -0.408 e. The summed E-state index contributed by atoms with van der Waals surface area (Å²) in [6.45, 7) is 1.17. The van der Waals surface area contributed by atoms with Gasteiger partial charge in [0, 0.05) is 32.4 Å². The van der Waals surface area contributed by atoms with Gasteiger partial charge >= 0.3 is 5.76 Å². The lowest BCUT2D eigenvalue weighted by molar-refractivity contribution is -0.384. The van der Waals surface area contributed by atoms with Gasteiger partial charge in [-0.2, -0.15) is 0 Å². The molecule has 0 fully saturated rings. The largest absolute Gasteiger partial charge is 0.419 e. The molecule has 7 nitrogen and oxygen atoms in total. The lowest BCUT2D eigenvalue weighted by atomic mass is 10.2. The molecule has 0 aliphatic heterocycles. The first-order valence-electron chi connectivity index (χ1n) is 6.40. The van der Waals surface area contributed by atoms with Crippen LogP contribution in [0.1, 0.15) is 19.3 Å². The normalized spacial score (nSPS) is 11.1. The summed E-state index contributed by atoms with van der Waals surface area (Å²) in [4.78, 5) is 22.0. The van der Waals surface area contributed by atoms with Crippen molar-refractivity contribution in [3.05, 3.63) is 38.9 Å². The van der Waals surface area contributed by atoms with Crippen LogP contribution in [-0.2, 0) is 11.3 Å². The standard InChI is InChI=1S/C13H16N2O5/c1-19-8-4-2-3-7-14-11-9-10(15(17)18)5-6-12(11)20-13(14)16/h5-6,9H,2-4,7-8H2,1H3. The molecule has 0 atom stereocenters. The van der Waals surface area contributed by atoms with Gasteiger partial charge in [-0.1, -0.05) is 0 Å². The first-order valence-corrected chi connectivity index (χ1v) is 6.40. The van der Waals surface area contributed by atoms with E-state index in [1.807, 2.05) is 0 Å². The van der Waals surface area contributed by atoms with Crippen molar-refractivity contribution in [3.8, 4) is 0 Å². The van der Waals surface area contributed by atoms with E-state index in [9.17, 15) is 14.9 Å². The Balaban J connectivity index is 2.18. The molecule has 0 amide bonds. The quantitative estimate of drug-likeness (QED) is 0.441. The molecule has 0 saturated heterocycles. The SMILES string of the molecule is COCCCCCn1c(=O)oc2ccc([N+](=O)[O-])cc21.